The molecule has 3 fully saturated rings. The number of carbonyl (C=O) groups excluding carboxylic acids is 2. The molecule has 2 bridgehead atoms. The molecule has 0 aromatic heterocycles. The van der Waals surface area contributed by atoms with Gasteiger partial charge in [-0.15, -0.1) is 24.0 Å². The molecule has 2 N–H and O–H groups in total. The van der Waals surface area contributed by atoms with Gasteiger partial charge in [-0.3, -0.25) is 19.5 Å². The molecular formula is C19H29IN4O2. The predicted octanol–water partition coefficient (Wildman–Crippen LogP) is 1.77. The molecule has 0 radical (unpaired) electrons. The van der Waals surface area contributed by atoms with E-state index in [1.165, 1.54) is 24.2 Å². The number of nitrogens with one attached hydrogen (secondary N) is 2. The average Bonchev–Trinajstić information content (AvgIpc) is 3.11. The van der Waals surface area contributed by atoms with Gasteiger partial charge in [0.15, 0.2) is 5.96 Å². The zero-order valence-corrected chi connectivity index (χ0v) is 17.6. The second kappa shape index (κ2) is 8.27. The van der Waals surface area contributed by atoms with Crippen LogP contribution in [0.5, 0.6) is 0 Å². The van der Waals surface area contributed by atoms with Crippen molar-refractivity contribution < 1.29 is 9.59 Å². The fraction of sp³-hybridized carbons (Fsp3) is 0.737. The maximum atomic E-state index is 12.6. The van der Waals surface area contributed by atoms with Crippen LogP contribution in [0.3, 0.4) is 0 Å². The number of carbonyl (C=O) groups is 2. The van der Waals surface area contributed by atoms with E-state index in [-0.39, 0.29) is 47.6 Å². The molecule has 1 aliphatic heterocycles. The minimum atomic E-state index is -0.0766. The van der Waals surface area contributed by atoms with Crippen molar-refractivity contribution in [1.82, 2.24) is 15.5 Å². The molecule has 4 unspecified atom stereocenters. The lowest BCUT2D eigenvalue weighted by Crippen LogP contribution is -2.40. The number of hydrogen-bond acceptors (Lipinski definition) is 3. The minimum Gasteiger partial charge on any atom is -0.356 e. The van der Waals surface area contributed by atoms with Gasteiger partial charge in [0.25, 0.3) is 0 Å². The molecule has 2 saturated carbocycles. The third-order valence-corrected chi connectivity index (χ3v) is 6.18. The number of hydrogen-bond donors (Lipinski definition) is 2. The van der Waals surface area contributed by atoms with Gasteiger partial charge in [0, 0.05) is 26.7 Å². The van der Waals surface area contributed by atoms with E-state index in [1.807, 2.05) is 0 Å². The number of aliphatic imine (C=N–C) groups is 1. The fourth-order valence-corrected chi connectivity index (χ4v) is 4.65. The molecule has 6 nitrogen and oxygen atoms in total. The Morgan fingerprint density at radius 3 is 2.31 bits per heavy atom. The molecule has 2 amide bonds. The van der Waals surface area contributed by atoms with E-state index in [0.29, 0.717) is 24.9 Å². The van der Waals surface area contributed by atoms with Gasteiger partial charge in [-0.2, -0.15) is 0 Å². The molecule has 0 aromatic rings. The van der Waals surface area contributed by atoms with Crippen molar-refractivity contribution in [3.63, 3.8) is 0 Å². The van der Waals surface area contributed by atoms with E-state index in [4.69, 9.17) is 0 Å². The number of imide groups is 1. The third-order valence-electron chi connectivity index (χ3n) is 6.18. The predicted molar refractivity (Wildman–Crippen MR) is 111 cm³/mol. The van der Waals surface area contributed by atoms with Crippen LogP contribution < -0.4 is 10.6 Å². The SMILES string of the molecule is CN=C(NCCCN1C(=O)C2C3C=CC(C3)C2C1=O)NCCC1CC1.I. The minimum absolute atomic E-state index is 0. The summed E-state index contributed by atoms with van der Waals surface area (Å²) in [6.45, 7) is 2.17. The first-order valence-corrected chi connectivity index (χ1v) is 9.67. The molecule has 144 valence electrons. The highest BCUT2D eigenvalue weighted by Gasteiger charge is 2.58. The monoisotopic (exact) mass is 472 g/mol. The molecule has 4 aliphatic rings. The van der Waals surface area contributed by atoms with Crippen LogP contribution in [0.15, 0.2) is 17.1 Å². The summed E-state index contributed by atoms with van der Waals surface area (Å²) >= 11 is 0. The molecule has 7 heteroatoms. The average molecular weight is 472 g/mol. The zero-order valence-electron chi connectivity index (χ0n) is 15.3. The Kier molecular flexibility index (Phi) is 6.25. The Labute approximate surface area is 172 Å². The van der Waals surface area contributed by atoms with Crippen molar-refractivity contribution in [3.8, 4) is 0 Å². The maximum absolute atomic E-state index is 12.6. The second-order valence-electron chi connectivity index (χ2n) is 7.84. The van der Waals surface area contributed by atoms with E-state index < -0.39 is 0 Å². The third kappa shape index (κ3) is 3.77. The van der Waals surface area contributed by atoms with Gasteiger partial charge < -0.3 is 10.6 Å². The Hall–Kier alpha value is -1.12. The first kappa shape index (κ1) is 19.6. The van der Waals surface area contributed by atoms with E-state index in [1.54, 1.807) is 7.05 Å². The first-order valence-electron chi connectivity index (χ1n) is 9.67. The van der Waals surface area contributed by atoms with Gasteiger partial charge in [-0.1, -0.05) is 25.0 Å². The molecule has 1 heterocycles. The van der Waals surface area contributed by atoms with Crippen LogP contribution in [-0.4, -0.2) is 49.4 Å². The molecule has 0 spiro atoms. The van der Waals surface area contributed by atoms with Gasteiger partial charge >= 0.3 is 0 Å². The summed E-state index contributed by atoms with van der Waals surface area (Å²) in [5.74, 6) is 2.26. The van der Waals surface area contributed by atoms with Crippen LogP contribution >= 0.6 is 24.0 Å². The number of allylic oxidation sites excluding steroid dienone is 2. The molecule has 0 aromatic carbocycles. The molecule has 4 rings (SSSR count). The normalized spacial score (nSPS) is 32.0. The highest BCUT2D eigenvalue weighted by atomic mass is 127. The zero-order chi connectivity index (χ0) is 17.4. The highest BCUT2D eigenvalue weighted by Crippen LogP contribution is 2.52. The Bertz CT molecular complexity index is 587. The number of nitrogens with zero attached hydrogens (tertiary/aromatic N) is 2. The van der Waals surface area contributed by atoms with E-state index in [0.717, 1.165) is 31.3 Å². The van der Waals surface area contributed by atoms with Crippen molar-refractivity contribution in [3.05, 3.63) is 12.2 Å². The van der Waals surface area contributed by atoms with Gasteiger partial charge in [0.1, 0.15) is 0 Å². The van der Waals surface area contributed by atoms with E-state index in [9.17, 15) is 9.59 Å². The molecule has 4 atom stereocenters. The number of halogens is 1. The topological polar surface area (TPSA) is 73.8 Å². The standard InChI is InChI=1S/C19H28N4O2.HI/c1-20-19(22-9-7-12-3-4-12)21-8-2-10-23-17(24)15-13-5-6-14(11-13)16(15)18(23)25;/h5-6,12-16H,2-4,7-11H2,1H3,(H2,20,21,22);1H. The Balaban J connectivity index is 0.00000196. The molecule has 3 aliphatic carbocycles. The van der Waals surface area contributed by atoms with Crippen molar-refractivity contribution in [2.45, 2.75) is 32.1 Å². The summed E-state index contributed by atoms with van der Waals surface area (Å²) in [4.78, 5) is 30.9. The van der Waals surface area contributed by atoms with Crippen molar-refractivity contribution in [2.24, 2.45) is 34.6 Å². The summed E-state index contributed by atoms with van der Waals surface area (Å²) < 4.78 is 0. The summed E-state index contributed by atoms with van der Waals surface area (Å²) in [6, 6.07) is 0. The van der Waals surface area contributed by atoms with Crippen LogP contribution in [0.25, 0.3) is 0 Å². The smallest absolute Gasteiger partial charge is 0.233 e. The summed E-state index contributed by atoms with van der Waals surface area (Å²) in [7, 11) is 1.77. The maximum Gasteiger partial charge on any atom is 0.233 e. The highest BCUT2D eigenvalue weighted by molar-refractivity contribution is 14.0. The number of likely N-dealkylation sites (tertiary alicyclic amines) is 1. The second-order valence-corrected chi connectivity index (χ2v) is 7.84. The summed E-state index contributed by atoms with van der Waals surface area (Å²) in [5, 5.41) is 6.60. The van der Waals surface area contributed by atoms with Crippen molar-refractivity contribution >= 4 is 41.8 Å². The van der Waals surface area contributed by atoms with Crippen LogP contribution in [0, 0.1) is 29.6 Å². The quantitative estimate of drug-likeness (QED) is 0.148. The van der Waals surface area contributed by atoms with Crippen LogP contribution in [0.4, 0.5) is 0 Å². The number of guanidine groups is 1. The molecule has 26 heavy (non-hydrogen) atoms. The van der Waals surface area contributed by atoms with Gasteiger partial charge in [0.2, 0.25) is 11.8 Å². The van der Waals surface area contributed by atoms with Crippen LogP contribution in [0.1, 0.15) is 32.1 Å². The van der Waals surface area contributed by atoms with Crippen LogP contribution in [-0.2, 0) is 9.59 Å². The lowest BCUT2D eigenvalue weighted by Gasteiger charge is -2.18. The van der Waals surface area contributed by atoms with Crippen molar-refractivity contribution in [1.29, 1.82) is 0 Å². The van der Waals surface area contributed by atoms with E-state index >= 15 is 0 Å². The largest absolute Gasteiger partial charge is 0.356 e. The lowest BCUT2D eigenvalue weighted by atomic mass is 9.85. The Morgan fingerprint density at radius 1 is 1.12 bits per heavy atom. The summed E-state index contributed by atoms with van der Waals surface area (Å²) in [5.41, 5.74) is 0. The number of fused-ring (bicyclic) bond motifs is 5. The van der Waals surface area contributed by atoms with Gasteiger partial charge in [-0.05, 0) is 37.0 Å². The number of rotatable bonds is 7. The van der Waals surface area contributed by atoms with Gasteiger partial charge in [-0.25, -0.2) is 0 Å². The molecular weight excluding hydrogens is 443 g/mol. The van der Waals surface area contributed by atoms with Gasteiger partial charge in [0.05, 0.1) is 11.8 Å². The summed E-state index contributed by atoms with van der Waals surface area (Å²) in [6.07, 6.45) is 9.96. The fourth-order valence-electron chi connectivity index (χ4n) is 4.65. The Morgan fingerprint density at radius 2 is 1.73 bits per heavy atom. The van der Waals surface area contributed by atoms with Crippen molar-refractivity contribution in [2.75, 3.05) is 26.7 Å². The first-order chi connectivity index (χ1) is 12.2. The van der Waals surface area contributed by atoms with Crippen LogP contribution in [0.2, 0.25) is 0 Å². The number of amides is 2. The lowest BCUT2D eigenvalue weighted by molar-refractivity contribution is -0.140. The van der Waals surface area contributed by atoms with E-state index in [2.05, 4.69) is 27.8 Å². The molecule has 1 saturated heterocycles.